The first-order valence-corrected chi connectivity index (χ1v) is 9.03. The Bertz CT molecular complexity index is 624. The number of hydrogen-bond acceptors (Lipinski definition) is 6. The number of carbonyl (C=O) groups excluding carboxylic acids is 1. The number of phenolic OH excluding ortho intramolecular Hbond substituents is 1. The highest BCUT2D eigenvalue weighted by atomic mass is 32.2. The van der Waals surface area contributed by atoms with Gasteiger partial charge in [-0.3, -0.25) is 9.69 Å². The van der Waals surface area contributed by atoms with Crippen molar-refractivity contribution in [2.45, 2.75) is 30.2 Å². The number of rotatable bonds is 6. The van der Waals surface area contributed by atoms with Gasteiger partial charge in [-0.1, -0.05) is 6.42 Å². The first-order valence-electron chi connectivity index (χ1n) is 7.54. The van der Waals surface area contributed by atoms with Crippen LogP contribution in [0.25, 0.3) is 0 Å². The number of hydrogen-bond donors (Lipinski definition) is 2. The number of esters is 1. The SMILES string of the molecule is COC(=O)C(CNS(=O)(=O)c1ccc(O)cc1)N1CCCCC1. The minimum absolute atomic E-state index is 0.00953. The number of sulfonamides is 1. The first-order chi connectivity index (χ1) is 10.9. The maximum absolute atomic E-state index is 12.3. The largest absolute Gasteiger partial charge is 0.508 e. The zero-order valence-electron chi connectivity index (χ0n) is 13.1. The maximum Gasteiger partial charge on any atom is 0.324 e. The van der Waals surface area contributed by atoms with Gasteiger partial charge in [0.1, 0.15) is 11.8 Å². The zero-order valence-corrected chi connectivity index (χ0v) is 13.9. The zero-order chi connectivity index (χ0) is 16.9. The van der Waals surface area contributed by atoms with Gasteiger partial charge in [0.15, 0.2) is 0 Å². The summed E-state index contributed by atoms with van der Waals surface area (Å²) in [7, 11) is -2.45. The quantitative estimate of drug-likeness (QED) is 0.739. The molecule has 1 aromatic carbocycles. The number of piperidine rings is 1. The second kappa shape index (κ2) is 7.76. The molecule has 2 rings (SSSR count). The van der Waals surface area contributed by atoms with Crippen LogP contribution in [0.2, 0.25) is 0 Å². The van der Waals surface area contributed by atoms with E-state index >= 15 is 0 Å². The monoisotopic (exact) mass is 342 g/mol. The summed E-state index contributed by atoms with van der Waals surface area (Å²) in [5, 5.41) is 9.23. The molecule has 0 radical (unpaired) electrons. The molecule has 0 bridgehead atoms. The molecular weight excluding hydrogens is 320 g/mol. The summed E-state index contributed by atoms with van der Waals surface area (Å²) in [6.45, 7) is 1.46. The van der Waals surface area contributed by atoms with Gasteiger partial charge in [-0.25, -0.2) is 13.1 Å². The van der Waals surface area contributed by atoms with Gasteiger partial charge in [0, 0.05) is 6.54 Å². The number of carbonyl (C=O) groups is 1. The average Bonchev–Trinajstić information content (AvgIpc) is 2.56. The molecule has 1 aromatic rings. The van der Waals surface area contributed by atoms with Crippen molar-refractivity contribution in [3.63, 3.8) is 0 Å². The van der Waals surface area contributed by atoms with Crippen LogP contribution in [0.3, 0.4) is 0 Å². The van der Waals surface area contributed by atoms with E-state index in [-0.39, 0.29) is 17.2 Å². The second-order valence-corrected chi connectivity index (χ2v) is 7.25. The van der Waals surface area contributed by atoms with Gasteiger partial charge in [-0.2, -0.15) is 0 Å². The summed E-state index contributed by atoms with van der Waals surface area (Å²) >= 11 is 0. The average molecular weight is 342 g/mol. The molecular formula is C15H22N2O5S. The lowest BCUT2D eigenvalue weighted by Crippen LogP contribution is -2.50. The Morgan fingerprint density at radius 1 is 1.26 bits per heavy atom. The molecule has 23 heavy (non-hydrogen) atoms. The fourth-order valence-electron chi connectivity index (χ4n) is 2.62. The highest BCUT2D eigenvalue weighted by molar-refractivity contribution is 7.89. The van der Waals surface area contributed by atoms with Crippen LogP contribution >= 0.6 is 0 Å². The predicted molar refractivity (Wildman–Crippen MR) is 84.5 cm³/mol. The number of methoxy groups -OCH3 is 1. The number of ether oxygens (including phenoxy) is 1. The van der Waals surface area contributed by atoms with E-state index in [4.69, 9.17) is 4.74 Å². The minimum Gasteiger partial charge on any atom is -0.508 e. The third kappa shape index (κ3) is 4.66. The molecule has 1 atom stereocenters. The van der Waals surface area contributed by atoms with E-state index in [2.05, 4.69) is 4.72 Å². The summed E-state index contributed by atoms with van der Waals surface area (Å²) in [6.07, 6.45) is 3.08. The minimum atomic E-state index is -3.75. The van der Waals surface area contributed by atoms with Gasteiger partial charge in [0.05, 0.1) is 12.0 Å². The topological polar surface area (TPSA) is 95.9 Å². The van der Waals surface area contributed by atoms with Gasteiger partial charge in [-0.05, 0) is 50.2 Å². The molecule has 1 saturated heterocycles. The van der Waals surface area contributed by atoms with Crippen LogP contribution in [0.1, 0.15) is 19.3 Å². The number of aromatic hydroxyl groups is 1. The van der Waals surface area contributed by atoms with E-state index in [0.29, 0.717) is 0 Å². The predicted octanol–water partition coefficient (Wildman–Crippen LogP) is 0.698. The van der Waals surface area contributed by atoms with Gasteiger partial charge < -0.3 is 9.84 Å². The summed E-state index contributed by atoms with van der Waals surface area (Å²) in [4.78, 5) is 14.0. The summed E-state index contributed by atoms with van der Waals surface area (Å²) in [5.41, 5.74) is 0. The molecule has 7 nitrogen and oxygen atoms in total. The van der Waals surface area contributed by atoms with Crippen LogP contribution in [0.5, 0.6) is 5.75 Å². The van der Waals surface area contributed by atoms with E-state index in [9.17, 15) is 18.3 Å². The maximum atomic E-state index is 12.3. The van der Waals surface area contributed by atoms with Gasteiger partial charge in [0.2, 0.25) is 10.0 Å². The van der Waals surface area contributed by atoms with Crippen LogP contribution in [0, 0.1) is 0 Å². The smallest absolute Gasteiger partial charge is 0.324 e. The lowest BCUT2D eigenvalue weighted by atomic mass is 10.1. The number of benzene rings is 1. The molecule has 128 valence electrons. The Kier molecular flexibility index (Phi) is 5.97. The molecule has 0 amide bonds. The van der Waals surface area contributed by atoms with Crippen LogP contribution in [-0.2, 0) is 19.6 Å². The number of likely N-dealkylation sites (tertiary alicyclic amines) is 1. The van der Waals surface area contributed by atoms with Crippen molar-refractivity contribution in [1.82, 2.24) is 9.62 Å². The number of phenols is 1. The van der Waals surface area contributed by atoms with Gasteiger partial charge in [0.25, 0.3) is 0 Å². The fraction of sp³-hybridized carbons (Fsp3) is 0.533. The standard InChI is InChI=1S/C15H22N2O5S/c1-22-15(19)14(17-9-3-2-4-10-17)11-16-23(20,21)13-7-5-12(18)6-8-13/h5-8,14,16,18H,2-4,9-11H2,1H3. The van der Waals surface area contributed by atoms with E-state index in [1.165, 1.54) is 31.4 Å². The normalized spacial score (nSPS) is 17.6. The first kappa shape index (κ1) is 17.7. The molecule has 0 spiro atoms. The fourth-order valence-corrected chi connectivity index (χ4v) is 3.66. The molecule has 0 saturated carbocycles. The van der Waals surface area contributed by atoms with E-state index in [1.54, 1.807) is 0 Å². The number of nitrogens with one attached hydrogen (secondary N) is 1. The molecule has 2 N–H and O–H groups in total. The Labute approximate surface area is 136 Å². The molecule has 1 fully saturated rings. The summed E-state index contributed by atoms with van der Waals surface area (Å²) in [5.74, 6) is -0.454. The molecule has 1 unspecified atom stereocenters. The highest BCUT2D eigenvalue weighted by Crippen LogP contribution is 2.16. The van der Waals surface area contributed by atoms with Crippen molar-refractivity contribution in [2.24, 2.45) is 0 Å². The highest BCUT2D eigenvalue weighted by Gasteiger charge is 2.29. The van der Waals surface area contributed by atoms with Crippen LogP contribution in [0.15, 0.2) is 29.2 Å². The lowest BCUT2D eigenvalue weighted by molar-refractivity contribution is -0.147. The van der Waals surface area contributed by atoms with Gasteiger partial charge in [-0.15, -0.1) is 0 Å². The second-order valence-electron chi connectivity index (χ2n) is 5.48. The Morgan fingerprint density at radius 3 is 2.43 bits per heavy atom. The van der Waals surface area contributed by atoms with E-state index in [0.717, 1.165) is 32.4 Å². The third-order valence-electron chi connectivity index (χ3n) is 3.92. The Balaban J connectivity index is 2.07. The third-order valence-corrected chi connectivity index (χ3v) is 5.36. The van der Waals surface area contributed by atoms with Crippen LogP contribution in [0.4, 0.5) is 0 Å². The van der Waals surface area contributed by atoms with Crippen molar-refractivity contribution in [3.05, 3.63) is 24.3 Å². The van der Waals surface area contributed by atoms with Crippen molar-refractivity contribution in [2.75, 3.05) is 26.7 Å². The van der Waals surface area contributed by atoms with Gasteiger partial charge >= 0.3 is 5.97 Å². The van der Waals surface area contributed by atoms with Crippen molar-refractivity contribution in [3.8, 4) is 5.75 Å². The Hall–Kier alpha value is -1.64. The van der Waals surface area contributed by atoms with Crippen LogP contribution in [-0.4, -0.2) is 57.2 Å². The van der Waals surface area contributed by atoms with Crippen molar-refractivity contribution < 1.29 is 23.1 Å². The van der Waals surface area contributed by atoms with E-state index < -0.39 is 22.0 Å². The van der Waals surface area contributed by atoms with E-state index in [1.807, 2.05) is 4.90 Å². The molecule has 8 heteroatoms. The molecule has 0 aliphatic carbocycles. The Morgan fingerprint density at radius 2 is 1.87 bits per heavy atom. The summed E-state index contributed by atoms with van der Waals surface area (Å²) < 4.78 is 31.8. The molecule has 1 heterocycles. The summed E-state index contributed by atoms with van der Waals surface area (Å²) in [6, 6.07) is 4.60. The molecule has 0 aromatic heterocycles. The number of nitrogens with zero attached hydrogens (tertiary/aromatic N) is 1. The van der Waals surface area contributed by atoms with Crippen molar-refractivity contribution >= 4 is 16.0 Å². The molecule has 1 aliphatic rings. The van der Waals surface area contributed by atoms with Crippen molar-refractivity contribution in [1.29, 1.82) is 0 Å². The van der Waals surface area contributed by atoms with Crippen LogP contribution < -0.4 is 4.72 Å². The lowest BCUT2D eigenvalue weighted by Gasteiger charge is -2.32. The molecule has 1 aliphatic heterocycles.